The van der Waals surface area contributed by atoms with Crippen molar-refractivity contribution in [3.8, 4) is 6.07 Å². The molecule has 1 amide bonds. The molecule has 122 valence electrons. The summed E-state index contributed by atoms with van der Waals surface area (Å²) in [4.78, 5) is 26.1. The normalized spacial score (nSPS) is 13.7. The van der Waals surface area contributed by atoms with E-state index < -0.39 is 18.0 Å². The van der Waals surface area contributed by atoms with Crippen LogP contribution in [0.5, 0.6) is 0 Å². The van der Waals surface area contributed by atoms with Crippen molar-refractivity contribution in [2.45, 2.75) is 32.3 Å². The van der Waals surface area contributed by atoms with Gasteiger partial charge in [0.05, 0.1) is 11.6 Å². The molecule has 1 aromatic carbocycles. The van der Waals surface area contributed by atoms with E-state index in [1.165, 1.54) is 28.7 Å². The monoisotopic (exact) mass is 340 g/mol. The molecule has 0 unspecified atom stereocenters. The largest absolute Gasteiger partial charge is 0.448 e. The lowest BCUT2D eigenvalue weighted by atomic mass is 10.2. The van der Waals surface area contributed by atoms with Crippen molar-refractivity contribution < 1.29 is 14.3 Å². The lowest BCUT2D eigenvalue weighted by Gasteiger charge is -2.13. The van der Waals surface area contributed by atoms with Gasteiger partial charge in [0.15, 0.2) is 6.10 Å². The second-order valence-electron chi connectivity index (χ2n) is 5.64. The number of ether oxygens (including phenoxy) is 1. The molecule has 1 aliphatic carbocycles. The number of fused-ring (bicyclic) bond motifs is 1. The molecule has 0 radical (unpaired) electrons. The third-order valence-corrected chi connectivity index (χ3v) is 5.08. The molecule has 0 saturated carbocycles. The molecule has 0 saturated heterocycles. The Bertz CT molecular complexity index is 814. The number of nitrogens with zero attached hydrogens (tertiary/aromatic N) is 1. The van der Waals surface area contributed by atoms with E-state index in [0.717, 1.165) is 19.3 Å². The number of esters is 1. The lowest BCUT2D eigenvalue weighted by Crippen LogP contribution is -2.29. The summed E-state index contributed by atoms with van der Waals surface area (Å²) in [6.07, 6.45) is 2.24. The zero-order valence-corrected chi connectivity index (χ0v) is 14.0. The van der Waals surface area contributed by atoms with E-state index in [1.807, 2.05) is 12.1 Å². The van der Waals surface area contributed by atoms with E-state index in [2.05, 4.69) is 5.32 Å². The van der Waals surface area contributed by atoms with E-state index in [4.69, 9.17) is 10.00 Å². The molecule has 6 heteroatoms. The van der Waals surface area contributed by atoms with Crippen LogP contribution in [-0.4, -0.2) is 18.0 Å². The number of aryl methyl sites for hydroxylation is 2. The van der Waals surface area contributed by atoms with Gasteiger partial charge < -0.3 is 10.1 Å². The summed E-state index contributed by atoms with van der Waals surface area (Å²) >= 11 is 1.45. The smallest absolute Gasteiger partial charge is 0.349 e. The molecule has 0 bridgehead atoms. The molecular formula is C18H16N2O3S. The molecule has 5 nitrogen and oxygen atoms in total. The number of carbonyl (C=O) groups is 2. The maximum Gasteiger partial charge on any atom is 0.349 e. The fraction of sp³-hybridized carbons (Fsp3) is 0.278. The van der Waals surface area contributed by atoms with Crippen LogP contribution in [0.2, 0.25) is 0 Å². The third-order valence-electron chi connectivity index (χ3n) is 3.86. The number of anilines is 1. The molecule has 3 rings (SSSR count). The molecule has 2 aromatic rings. The van der Waals surface area contributed by atoms with Gasteiger partial charge in [-0.3, -0.25) is 4.79 Å². The first kappa shape index (κ1) is 16.2. The van der Waals surface area contributed by atoms with Crippen molar-refractivity contribution in [2.75, 3.05) is 5.32 Å². The number of amides is 1. The first-order chi connectivity index (χ1) is 11.6. The van der Waals surface area contributed by atoms with Gasteiger partial charge in [0.25, 0.3) is 5.91 Å². The maximum atomic E-state index is 12.2. The van der Waals surface area contributed by atoms with Crippen LogP contribution < -0.4 is 5.32 Å². The Morgan fingerprint density at radius 2 is 2.17 bits per heavy atom. The van der Waals surface area contributed by atoms with Gasteiger partial charge in [-0.1, -0.05) is 6.07 Å². The van der Waals surface area contributed by atoms with Crippen molar-refractivity contribution in [1.29, 1.82) is 5.26 Å². The van der Waals surface area contributed by atoms with Crippen molar-refractivity contribution >= 4 is 28.9 Å². The molecule has 1 N–H and O–H groups in total. The average molecular weight is 340 g/mol. The molecular weight excluding hydrogens is 324 g/mol. The van der Waals surface area contributed by atoms with E-state index in [-0.39, 0.29) is 0 Å². The van der Waals surface area contributed by atoms with Crippen LogP contribution in [0, 0.1) is 11.3 Å². The number of nitrogens with one attached hydrogen (secondary N) is 1. The van der Waals surface area contributed by atoms with Crippen molar-refractivity contribution in [3.63, 3.8) is 0 Å². The predicted molar refractivity (Wildman–Crippen MR) is 91.0 cm³/mol. The SMILES string of the molecule is C[C@@H](OC(=O)c1cc2c(s1)CCC2)C(=O)Nc1cccc(C#N)c1. The number of hydrogen-bond acceptors (Lipinski definition) is 5. The molecule has 1 heterocycles. The van der Waals surface area contributed by atoms with Gasteiger partial charge in [-0.2, -0.15) is 5.26 Å². The average Bonchev–Trinajstić information content (AvgIpc) is 3.16. The van der Waals surface area contributed by atoms with Gasteiger partial charge in [0.2, 0.25) is 0 Å². The topological polar surface area (TPSA) is 79.2 Å². The summed E-state index contributed by atoms with van der Waals surface area (Å²) in [6, 6.07) is 10.4. The van der Waals surface area contributed by atoms with Gasteiger partial charge >= 0.3 is 5.97 Å². The number of carbonyl (C=O) groups excluding carboxylic acids is 2. The first-order valence-electron chi connectivity index (χ1n) is 7.70. The number of rotatable bonds is 4. The fourth-order valence-corrected chi connectivity index (χ4v) is 3.75. The molecule has 0 aliphatic heterocycles. The van der Waals surface area contributed by atoms with Crippen LogP contribution in [0.4, 0.5) is 5.69 Å². The Hall–Kier alpha value is -2.65. The van der Waals surface area contributed by atoms with Crippen LogP contribution >= 0.6 is 11.3 Å². The van der Waals surface area contributed by atoms with Gasteiger partial charge in [-0.25, -0.2) is 4.79 Å². The predicted octanol–water partition coefficient (Wildman–Crippen LogP) is 3.29. The van der Waals surface area contributed by atoms with Crippen molar-refractivity contribution in [3.05, 3.63) is 51.2 Å². The fourth-order valence-electron chi connectivity index (χ4n) is 2.61. The number of thiophene rings is 1. The molecule has 1 atom stereocenters. The minimum atomic E-state index is -0.916. The highest BCUT2D eigenvalue weighted by molar-refractivity contribution is 7.14. The molecule has 0 spiro atoms. The minimum absolute atomic E-state index is 0.428. The van der Waals surface area contributed by atoms with Gasteiger partial charge in [0, 0.05) is 10.6 Å². The Labute approximate surface area is 143 Å². The van der Waals surface area contributed by atoms with Crippen LogP contribution in [0.15, 0.2) is 30.3 Å². The Balaban J connectivity index is 1.61. The summed E-state index contributed by atoms with van der Waals surface area (Å²) in [6.45, 7) is 1.53. The first-order valence-corrected chi connectivity index (χ1v) is 8.52. The van der Waals surface area contributed by atoms with Crippen LogP contribution in [0.3, 0.4) is 0 Å². The zero-order chi connectivity index (χ0) is 17.1. The molecule has 24 heavy (non-hydrogen) atoms. The lowest BCUT2D eigenvalue weighted by molar-refractivity contribution is -0.123. The van der Waals surface area contributed by atoms with Crippen LogP contribution in [0.25, 0.3) is 0 Å². The van der Waals surface area contributed by atoms with Crippen molar-refractivity contribution in [2.24, 2.45) is 0 Å². The van der Waals surface area contributed by atoms with Crippen LogP contribution in [-0.2, 0) is 22.4 Å². The van der Waals surface area contributed by atoms with Crippen LogP contribution in [0.1, 0.15) is 39.0 Å². The molecule has 1 aromatic heterocycles. The molecule has 1 aliphatic rings. The number of nitriles is 1. The summed E-state index contributed by atoms with van der Waals surface area (Å²) in [5.74, 6) is -0.898. The van der Waals surface area contributed by atoms with E-state index in [9.17, 15) is 9.59 Å². The number of benzene rings is 1. The maximum absolute atomic E-state index is 12.2. The van der Waals surface area contributed by atoms with E-state index in [1.54, 1.807) is 24.3 Å². The Morgan fingerprint density at radius 3 is 2.92 bits per heavy atom. The standard InChI is InChI=1S/C18H16N2O3S/c1-11(17(21)20-14-6-2-4-12(8-14)10-19)23-18(22)16-9-13-5-3-7-15(13)24-16/h2,4,6,8-9,11H,3,5,7H2,1H3,(H,20,21)/t11-/m1/s1. The van der Waals surface area contributed by atoms with Gasteiger partial charge in [0.1, 0.15) is 4.88 Å². The minimum Gasteiger partial charge on any atom is -0.448 e. The van der Waals surface area contributed by atoms with E-state index in [0.29, 0.717) is 16.1 Å². The summed E-state index contributed by atoms with van der Waals surface area (Å²) in [7, 11) is 0. The number of hydrogen-bond donors (Lipinski definition) is 1. The van der Waals surface area contributed by atoms with E-state index >= 15 is 0 Å². The van der Waals surface area contributed by atoms with Gasteiger partial charge in [-0.15, -0.1) is 11.3 Å². The zero-order valence-electron chi connectivity index (χ0n) is 13.2. The summed E-state index contributed by atoms with van der Waals surface area (Å²) < 4.78 is 5.26. The highest BCUT2D eigenvalue weighted by Gasteiger charge is 2.23. The second kappa shape index (κ2) is 6.85. The quantitative estimate of drug-likeness (QED) is 0.866. The summed E-state index contributed by atoms with van der Waals surface area (Å²) in [5, 5.41) is 11.5. The van der Waals surface area contributed by atoms with Crippen molar-refractivity contribution in [1.82, 2.24) is 0 Å². The second-order valence-corrected chi connectivity index (χ2v) is 6.78. The van der Waals surface area contributed by atoms with Gasteiger partial charge in [-0.05, 0) is 56.0 Å². The summed E-state index contributed by atoms with van der Waals surface area (Å²) in [5.41, 5.74) is 2.17. The Morgan fingerprint density at radius 1 is 1.33 bits per heavy atom. The highest BCUT2D eigenvalue weighted by Crippen LogP contribution is 2.31. The molecule has 0 fully saturated rings. The highest BCUT2D eigenvalue weighted by atomic mass is 32.1. The Kier molecular flexibility index (Phi) is 4.63. The third kappa shape index (κ3) is 3.47.